The largest absolute Gasteiger partial charge is 0.609 e. The normalized spacial score (nSPS) is 9.75. The summed E-state index contributed by atoms with van der Waals surface area (Å²) in [5, 5.41) is 42.0. The number of rotatable bonds is 3. The zero-order valence-corrected chi connectivity index (χ0v) is 7.30. The molecular formula is C5H2N4O7. The molecule has 11 heteroatoms. The lowest BCUT2D eigenvalue weighted by molar-refractivity contribution is -0.703. The number of nitro groups is 3. The first kappa shape index (κ1) is 11.2. The van der Waals surface area contributed by atoms with E-state index in [0.717, 1.165) is 0 Å². The summed E-state index contributed by atoms with van der Waals surface area (Å²) in [6.07, 6.45) is 0. The van der Waals surface area contributed by atoms with Gasteiger partial charge in [-0.25, -0.2) is 0 Å². The Kier molecular flexibility index (Phi) is 2.61. The number of pyridine rings is 1. The smallest absolute Gasteiger partial charge is 0.525 e. The molecule has 0 spiro atoms. The van der Waals surface area contributed by atoms with Crippen LogP contribution in [-0.2, 0) is 0 Å². The average molecular weight is 230 g/mol. The van der Waals surface area contributed by atoms with Crippen molar-refractivity contribution in [2.75, 3.05) is 0 Å². The van der Waals surface area contributed by atoms with Crippen molar-refractivity contribution in [3.05, 3.63) is 47.7 Å². The number of nitrogens with zero attached hydrogens (tertiary/aromatic N) is 4. The van der Waals surface area contributed by atoms with Gasteiger partial charge >= 0.3 is 11.6 Å². The summed E-state index contributed by atoms with van der Waals surface area (Å²) in [7, 11) is 0. The minimum atomic E-state index is -1.28. The SMILES string of the molecule is O=[N+]([O-])c1cc([N+](=O)[O-])[n+]([O-])c([N+](=O)[O-])c1. The Morgan fingerprint density at radius 2 is 1.25 bits per heavy atom. The van der Waals surface area contributed by atoms with E-state index in [4.69, 9.17) is 0 Å². The third-order valence-electron chi connectivity index (χ3n) is 1.56. The van der Waals surface area contributed by atoms with Crippen LogP contribution in [0.1, 0.15) is 0 Å². The molecule has 0 N–H and O–H groups in total. The monoisotopic (exact) mass is 230 g/mol. The zero-order valence-electron chi connectivity index (χ0n) is 7.30. The minimum Gasteiger partial charge on any atom is -0.609 e. The van der Waals surface area contributed by atoms with Gasteiger partial charge in [0, 0.05) is 0 Å². The van der Waals surface area contributed by atoms with Crippen LogP contribution in [0.4, 0.5) is 17.3 Å². The summed E-state index contributed by atoms with van der Waals surface area (Å²) >= 11 is 0. The lowest BCUT2D eigenvalue weighted by Crippen LogP contribution is -2.33. The zero-order chi connectivity index (χ0) is 12.5. The van der Waals surface area contributed by atoms with Crippen LogP contribution in [-0.4, -0.2) is 14.8 Å². The molecular weight excluding hydrogens is 228 g/mol. The van der Waals surface area contributed by atoms with Crippen molar-refractivity contribution in [3.8, 4) is 0 Å². The molecule has 0 fully saturated rings. The van der Waals surface area contributed by atoms with E-state index >= 15 is 0 Å². The van der Waals surface area contributed by atoms with Crippen molar-refractivity contribution < 1.29 is 19.5 Å². The van der Waals surface area contributed by atoms with Crippen LogP contribution in [0.25, 0.3) is 0 Å². The maximum atomic E-state index is 11.0. The van der Waals surface area contributed by atoms with Gasteiger partial charge < -0.3 is 5.21 Å². The Hall–Kier alpha value is -2.85. The van der Waals surface area contributed by atoms with Gasteiger partial charge in [0.1, 0.15) is 9.85 Å². The van der Waals surface area contributed by atoms with Crippen molar-refractivity contribution in [1.82, 2.24) is 0 Å². The van der Waals surface area contributed by atoms with Crippen molar-refractivity contribution >= 4 is 17.3 Å². The predicted octanol–water partition coefficient (Wildman–Crippen LogP) is 0.0446. The quantitative estimate of drug-likeness (QED) is 0.307. The van der Waals surface area contributed by atoms with E-state index in [9.17, 15) is 35.6 Å². The van der Waals surface area contributed by atoms with Crippen LogP contribution in [0.15, 0.2) is 12.1 Å². The average Bonchev–Trinajstić information content (AvgIpc) is 2.16. The second-order valence-corrected chi connectivity index (χ2v) is 2.50. The molecule has 1 rings (SSSR count). The standard InChI is InChI=1S/C5H2N4O7/c10-6-4(8(13)14)1-3(7(11)12)2-5(6)9(15)16/h1-2H. The lowest BCUT2D eigenvalue weighted by atomic mass is 10.4. The highest BCUT2D eigenvalue weighted by atomic mass is 16.7. The van der Waals surface area contributed by atoms with E-state index in [1.54, 1.807) is 0 Å². The van der Waals surface area contributed by atoms with Gasteiger partial charge in [0.05, 0.1) is 4.92 Å². The molecule has 16 heavy (non-hydrogen) atoms. The van der Waals surface area contributed by atoms with Crippen molar-refractivity contribution in [2.24, 2.45) is 0 Å². The highest BCUT2D eigenvalue weighted by molar-refractivity contribution is 5.39. The van der Waals surface area contributed by atoms with Crippen LogP contribution in [0.3, 0.4) is 0 Å². The molecule has 0 atom stereocenters. The Bertz CT molecular complexity index is 463. The van der Waals surface area contributed by atoms with Crippen LogP contribution in [0.2, 0.25) is 0 Å². The summed E-state index contributed by atoms with van der Waals surface area (Å²) in [5.74, 6) is -2.55. The van der Waals surface area contributed by atoms with Crippen LogP contribution in [0, 0.1) is 35.6 Å². The summed E-state index contributed by atoms with van der Waals surface area (Å²) in [4.78, 5) is 27.4. The first-order chi connectivity index (χ1) is 7.34. The fourth-order valence-electron chi connectivity index (χ4n) is 0.900. The molecule has 0 saturated carbocycles. The maximum absolute atomic E-state index is 11.0. The summed E-state index contributed by atoms with van der Waals surface area (Å²) < 4.78 is -0.590. The fourth-order valence-corrected chi connectivity index (χ4v) is 0.900. The topological polar surface area (TPSA) is 156 Å². The van der Waals surface area contributed by atoms with E-state index in [-0.39, 0.29) is 0 Å². The molecule has 0 aromatic carbocycles. The van der Waals surface area contributed by atoms with Crippen LogP contribution >= 0.6 is 0 Å². The molecule has 0 aliphatic heterocycles. The van der Waals surface area contributed by atoms with Gasteiger partial charge in [-0.3, -0.25) is 30.3 Å². The van der Waals surface area contributed by atoms with Gasteiger partial charge in [-0.05, 0) is 4.73 Å². The number of aromatic nitrogens is 1. The Morgan fingerprint density at radius 3 is 1.50 bits per heavy atom. The lowest BCUT2D eigenvalue weighted by Gasteiger charge is -1.97. The molecule has 0 radical (unpaired) electrons. The highest BCUT2D eigenvalue weighted by Crippen LogP contribution is 2.21. The maximum Gasteiger partial charge on any atom is 0.525 e. The Morgan fingerprint density at radius 1 is 0.875 bits per heavy atom. The van der Waals surface area contributed by atoms with E-state index in [1.807, 2.05) is 0 Å². The summed E-state index contributed by atoms with van der Waals surface area (Å²) in [6, 6.07) is 0.694. The minimum absolute atomic E-state index is 0.347. The summed E-state index contributed by atoms with van der Waals surface area (Å²) in [5.41, 5.74) is -0.898. The molecule has 1 aromatic heterocycles. The second kappa shape index (κ2) is 3.72. The molecule has 1 aromatic rings. The molecule has 0 saturated heterocycles. The van der Waals surface area contributed by atoms with Crippen molar-refractivity contribution in [2.45, 2.75) is 0 Å². The van der Waals surface area contributed by atoms with Gasteiger partial charge in [0.2, 0.25) is 0 Å². The third kappa shape index (κ3) is 1.82. The van der Waals surface area contributed by atoms with Gasteiger partial charge in [-0.2, -0.15) is 0 Å². The number of hydrogen-bond acceptors (Lipinski definition) is 7. The summed E-state index contributed by atoms with van der Waals surface area (Å²) in [6.45, 7) is 0. The Balaban J connectivity index is 3.57. The highest BCUT2D eigenvalue weighted by Gasteiger charge is 2.34. The first-order valence-electron chi connectivity index (χ1n) is 3.55. The van der Waals surface area contributed by atoms with Gasteiger partial charge in [-0.1, -0.05) is 0 Å². The third-order valence-corrected chi connectivity index (χ3v) is 1.56. The van der Waals surface area contributed by atoms with E-state index < -0.39 is 36.8 Å². The van der Waals surface area contributed by atoms with Gasteiger partial charge in [-0.15, -0.1) is 0 Å². The molecule has 11 nitrogen and oxygen atoms in total. The van der Waals surface area contributed by atoms with Gasteiger partial charge in [0.25, 0.3) is 5.69 Å². The van der Waals surface area contributed by atoms with E-state index in [2.05, 4.69) is 0 Å². The predicted molar refractivity (Wildman–Crippen MR) is 45.4 cm³/mol. The molecule has 0 bridgehead atoms. The molecule has 0 aliphatic carbocycles. The van der Waals surface area contributed by atoms with E-state index in [0.29, 0.717) is 12.1 Å². The first-order valence-corrected chi connectivity index (χ1v) is 3.55. The van der Waals surface area contributed by atoms with Crippen molar-refractivity contribution in [1.29, 1.82) is 0 Å². The van der Waals surface area contributed by atoms with E-state index in [1.165, 1.54) is 0 Å². The second-order valence-electron chi connectivity index (χ2n) is 2.50. The Labute approximate surface area is 85.6 Å². The van der Waals surface area contributed by atoms with Gasteiger partial charge in [0.15, 0.2) is 12.1 Å². The molecule has 1 heterocycles. The van der Waals surface area contributed by atoms with Crippen LogP contribution in [0.5, 0.6) is 0 Å². The molecule has 0 aliphatic rings. The molecule has 84 valence electrons. The fraction of sp³-hybridized carbons (Fsp3) is 0. The molecule has 0 unspecified atom stereocenters. The van der Waals surface area contributed by atoms with Crippen molar-refractivity contribution in [3.63, 3.8) is 0 Å². The molecule has 0 amide bonds. The number of hydrogen-bond donors (Lipinski definition) is 0. The van der Waals surface area contributed by atoms with Crippen LogP contribution < -0.4 is 4.73 Å².